The molecule has 98 valence electrons. The van der Waals surface area contributed by atoms with Crippen molar-refractivity contribution < 1.29 is 0 Å². The highest BCUT2D eigenvalue weighted by Crippen LogP contribution is 2.19. The molecular weight excluding hydrogens is 236 g/mol. The van der Waals surface area contributed by atoms with Crippen LogP contribution in [0.4, 0.5) is 5.82 Å². The summed E-state index contributed by atoms with van der Waals surface area (Å²) in [5, 5.41) is 13.4. The zero-order valence-corrected chi connectivity index (χ0v) is 11.3. The van der Waals surface area contributed by atoms with Gasteiger partial charge >= 0.3 is 0 Å². The summed E-state index contributed by atoms with van der Waals surface area (Å²) in [5.41, 5.74) is 1.51. The fourth-order valence-corrected chi connectivity index (χ4v) is 1.94. The Morgan fingerprint density at radius 1 is 1.32 bits per heavy atom. The molecule has 0 amide bonds. The molecule has 19 heavy (non-hydrogen) atoms. The van der Waals surface area contributed by atoms with Crippen LogP contribution in [0.5, 0.6) is 0 Å². The molecule has 0 saturated carbocycles. The average Bonchev–Trinajstić information content (AvgIpc) is 2.42. The van der Waals surface area contributed by atoms with Crippen LogP contribution < -0.4 is 5.32 Å². The van der Waals surface area contributed by atoms with Crippen LogP contribution >= 0.6 is 0 Å². The van der Waals surface area contributed by atoms with E-state index < -0.39 is 0 Å². The lowest BCUT2D eigenvalue weighted by atomic mass is 10.1. The first-order valence-electron chi connectivity index (χ1n) is 6.39. The molecule has 0 fully saturated rings. The number of fused-ring (bicyclic) bond motifs is 1. The molecule has 1 N–H and O–H groups in total. The van der Waals surface area contributed by atoms with Crippen LogP contribution in [0.15, 0.2) is 30.3 Å². The van der Waals surface area contributed by atoms with E-state index in [0.717, 1.165) is 30.4 Å². The first-order valence-corrected chi connectivity index (χ1v) is 6.39. The summed E-state index contributed by atoms with van der Waals surface area (Å²) < 4.78 is 0. The first kappa shape index (κ1) is 13.3. The van der Waals surface area contributed by atoms with Gasteiger partial charge in [0, 0.05) is 11.9 Å². The van der Waals surface area contributed by atoms with Crippen molar-refractivity contribution >= 4 is 16.7 Å². The summed E-state index contributed by atoms with van der Waals surface area (Å²) in [7, 11) is 4.10. The van der Waals surface area contributed by atoms with Crippen molar-refractivity contribution in [3.8, 4) is 6.07 Å². The average molecular weight is 254 g/mol. The SMILES string of the molecule is CN(C)CCCNc1nc2ccccc2cc1C#N. The number of para-hydroxylation sites is 1. The first-order chi connectivity index (χ1) is 9.20. The van der Waals surface area contributed by atoms with E-state index >= 15 is 0 Å². The van der Waals surface area contributed by atoms with Crippen LogP contribution in [0.1, 0.15) is 12.0 Å². The second-order valence-electron chi connectivity index (χ2n) is 4.77. The zero-order valence-electron chi connectivity index (χ0n) is 11.3. The van der Waals surface area contributed by atoms with Crippen LogP contribution in [0, 0.1) is 11.3 Å². The van der Waals surface area contributed by atoms with Gasteiger partial charge in [0.25, 0.3) is 0 Å². The lowest BCUT2D eigenvalue weighted by Crippen LogP contribution is -2.17. The molecule has 1 aromatic carbocycles. The number of hydrogen-bond donors (Lipinski definition) is 1. The number of pyridine rings is 1. The second kappa shape index (κ2) is 6.17. The van der Waals surface area contributed by atoms with Gasteiger partial charge < -0.3 is 10.2 Å². The van der Waals surface area contributed by atoms with Crippen molar-refractivity contribution in [3.63, 3.8) is 0 Å². The maximum Gasteiger partial charge on any atom is 0.144 e. The lowest BCUT2D eigenvalue weighted by Gasteiger charge is -2.11. The number of nitrogens with zero attached hydrogens (tertiary/aromatic N) is 3. The highest BCUT2D eigenvalue weighted by molar-refractivity contribution is 5.82. The fraction of sp³-hybridized carbons (Fsp3) is 0.333. The second-order valence-corrected chi connectivity index (χ2v) is 4.77. The summed E-state index contributed by atoms with van der Waals surface area (Å²) in [5.74, 6) is 0.681. The van der Waals surface area contributed by atoms with Crippen LogP contribution in [0.25, 0.3) is 10.9 Å². The van der Waals surface area contributed by atoms with Gasteiger partial charge in [-0.3, -0.25) is 0 Å². The Balaban J connectivity index is 2.15. The third-order valence-corrected chi connectivity index (χ3v) is 2.92. The van der Waals surface area contributed by atoms with E-state index in [1.54, 1.807) is 0 Å². The Bertz CT molecular complexity index is 599. The van der Waals surface area contributed by atoms with Gasteiger partial charge in [-0.15, -0.1) is 0 Å². The molecule has 0 atom stereocenters. The van der Waals surface area contributed by atoms with E-state index in [1.807, 2.05) is 30.3 Å². The number of benzene rings is 1. The molecular formula is C15H18N4. The van der Waals surface area contributed by atoms with Gasteiger partial charge in [-0.2, -0.15) is 5.26 Å². The molecule has 0 unspecified atom stereocenters. The monoisotopic (exact) mass is 254 g/mol. The standard InChI is InChI=1S/C15H18N4/c1-19(2)9-5-8-17-15-13(11-16)10-12-6-3-4-7-14(12)18-15/h3-4,6-7,10H,5,8-9H2,1-2H3,(H,17,18). The Kier molecular flexibility index (Phi) is 4.32. The van der Waals surface area contributed by atoms with Gasteiger partial charge in [0.2, 0.25) is 0 Å². The van der Waals surface area contributed by atoms with Crippen molar-refractivity contribution in [2.45, 2.75) is 6.42 Å². The topological polar surface area (TPSA) is 52.0 Å². The molecule has 4 heteroatoms. The molecule has 1 heterocycles. The summed E-state index contributed by atoms with van der Waals surface area (Å²) in [6, 6.07) is 11.9. The summed E-state index contributed by atoms with van der Waals surface area (Å²) in [6.07, 6.45) is 1.02. The van der Waals surface area contributed by atoms with Crippen molar-refractivity contribution in [1.82, 2.24) is 9.88 Å². The molecule has 0 spiro atoms. The van der Waals surface area contributed by atoms with Gasteiger partial charge in [-0.1, -0.05) is 18.2 Å². The molecule has 0 aliphatic rings. The summed E-state index contributed by atoms with van der Waals surface area (Å²) >= 11 is 0. The van der Waals surface area contributed by atoms with Crippen LogP contribution in [-0.2, 0) is 0 Å². The predicted molar refractivity (Wildman–Crippen MR) is 78.1 cm³/mol. The van der Waals surface area contributed by atoms with Gasteiger partial charge in [0.1, 0.15) is 11.9 Å². The van der Waals surface area contributed by atoms with Crippen LogP contribution in [0.2, 0.25) is 0 Å². The lowest BCUT2D eigenvalue weighted by molar-refractivity contribution is 0.405. The maximum absolute atomic E-state index is 9.18. The minimum absolute atomic E-state index is 0.601. The third-order valence-electron chi connectivity index (χ3n) is 2.92. The molecule has 2 aromatic rings. The van der Waals surface area contributed by atoms with Crippen molar-refractivity contribution in [2.75, 3.05) is 32.5 Å². The largest absolute Gasteiger partial charge is 0.369 e. The maximum atomic E-state index is 9.18. The highest BCUT2D eigenvalue weighted by Gasteiger charge is 2.05. The van der Waals surface area contributed by atoms with E-state index in [1.165, 1.54) is 0 Å². The van der Waals surface area contributed by atoms with E-state index in [9.17, 15) is 5.26 Å². The number of hydrogen-bond acceptors (Lipinski definition) is 4. The molecule has 0 aliphatic heterocycles. The van der Waals surface area contributed by atoms with E-state index in [2.05, 4.69) is 35.4 Å². The number of nitrogens with one attached hydrogen (secondary N) is 1. The molecule has 0 saturated heterocycles. The van der Waals surface area contributed by atoms with Gasteiger partial charge in [0.05, 0.1) is 11.1 Å². The molecule has 2 rings (SSSR count). The van der Waals surface area contributed by atoms with Crippen LogP contribution in [0.3, 0.4) is 0 Å². The Morgan fingerprint density at radius 2 is 2.11 bits per heavy atom. The molecule has 0 radical (unpaired) electrons. The Hall–Kier alpha value is -2.12. The fourth-order valence-electron chi connectivity index (χ4n) is 1.94. The van der Waals surface area contributed by atoms with Gasteiger partial charge in [0.15, 0.2) is 0 Å². The van der Waals surface area contributed by atoms with Gasteiger partial charge in [-0.25, -0.2) is 4.98 Å². The normalized spacial score (nSPS) is 10.6. The number of rotatable bonds is 5. The zero-order chi connectivity index (χ0) is 13.7. The molecule has 4 nitrogen and oxygen atoms in total. The van der Waals surface area contributed by atoms with Crippen LogP contribution in [-0.4, -0.2) is 37.1 Å². The third kappa shape index (κ3) is 3.43. The minimum Gasteiger partial charge on any atom is -0.369 e. The van der Waals surface area contributed by atoms with E-state index in [0.29, 0.717) is 11.4 Å². The smallest absolute Gasteiger partial charge is 0.144 e. The Morgan fingerprint density at radius 3 is 2.84 bits per heavy atom. The van der Waals surface area contributed by atoms with Crippen molar-refractivity contribution in [2.24, 2.45) is 0 Å². The van der Waals surface area contributed by atoms with E-state index in [-0.39, 0.29) is 0 Å². The van der Waals surface area contributed by atoms with E-state index in [4.69, 9.17) is 0 Å². The quantitative estimate of drug-likeness (QED) is 0.833. The number of aromatic nitrogens is 1. The number of nitriles is 1. The summed E-state index contributed by atoms with van der Waals surface area (Å²) in [4.78, 5) is 6.66. The molecule has 0 bridgehead atoms. The number of anilines is 1. The Labute approximate surface area is 113 Å². The van der Waals surface area contributed by atoms with Crippen molar-refractivity contribution in [3.05, 3.63) is 35.9 Å². The highest BCUT2D eigenvalue weighted by atomic mass is 15.1. The minimum atomic E-state index is 0.601. The van der Waals surface area contributed by atoms with Crippen molar-refractivity contribution in [1.29, 1.82) is 5.26 Å². The molecule has 0 aliphatic carbocycles. The summed E-state index contributed by atoms with van der Waals surface area (Å²) in [6.45, 7) is 1.83. The predicted octanol–water partition coefficient (Wildman–Crippen LogP) is 2.47. The molecule has 1 aromatic heterocycles. The van der Waals surface area contributed by atoms with Gasteiger partial charge in [-0.05, 0) is 39.2 Å².